The fourth-order valence-corrected chi connectivity index (χ4v) is 3.19. The standard InChI is InChI=1S/C16H18N6O/c1-10-15(18-13-5-3-4-6-21(10)13)16(23)17-8-12-7-14-20-19-11(2)22(14)9-12/h3-6,12H,7-9H2,1-2H3,(H,17,23). The molecule has 23 heavy (non-hydrogen) atoms. The Kier molecular flexibility index (Phi) is 3.14. The van der Waals surface area contributed by atoms with Gasteiger partial charge in [0, 0.05) is 31.6 Å². The number of nitrogens with zero attached hydrogens (tertiary/aromatic N) is 5. The second kappa shape index (κ2) is 5.19. The van der Waals surface area contributed by atoms with Crippen LogP contribution in [-0.4, -0.2) is 36.6 Å². The summed E-state index contributed by atoms with van der Waals surface area (Å²) in [5.74, 6) is 2.18. The zero-order valence-corrected chi connectivity index (χ0v) is 13.2. The van der Waals surface area contributed by atoms with E-state index in [1.807, 2.05) is 42.6 Å². The number of hydrogen-bond acceptors (Lipinski definition) is 4. The van der Waals surface area contributed by atoms with Gasteiger partial charge >= 0.3 is 0 Å². The highest BCUT2D eigenvalue weighted by Gasteiger charge is 2.25. The monoisotopic (exact) mass is 310 g/mol. The predicted octanol–water partition coefficient (Wildman–Crippen LogP) is 1.14. The predicted molar refractivity (Wildman–Crippen MR) is 84.2 cm³/mol. The number of carbonyl (C=O) groups is 1. The van der Waals surface area contributed by atoms with Crippen LogP contribution in [0.15, 0.2) is 24.4 Å². The Morgan fingerprint density at radius 3 is 3.00 bits per heavy atom. The molecule has 3 aromatic heterocycles. The molecule has 1 amide bonds. The third-order valence-electron chi connectivity index (χ3n) is 4.46. The Hall–Kier alpha value is -2.70. The number of amides is 1. The minimum atomic E-state index is -0.120. The maximum Gasteiger partial charge on any atom is 0.271 e. The van der Waals surface area contributed by atoms with Gasteiger partial charge in [-0.15, -0.1) is 10.2 Å². The zero-order chi connectivity index (χ0) is 16.0. The lowest BCUT2D eigenvalue weighted by Gasteiger charge is -2.10. The number of aryl methyl sites for hydroxylation is 2. The first kappa shape index (κ1) is 13.9. The topological polar surface area (TPSA) is 77.1 Å². The van der Waals surface area contributed by atoms with E-state index in [-0.39, 0.29) is 5.91 Å². The molecule has 0 spiro atoms. The number of pyridine rings is 1. The van der Waals surface area contributed by atoms with Crippen LogP contribution in [0, 0.1) is 19.8 Å². The molecule has 1 N–H and O–H groups in total. The minimum Gasteiger partial charge on any atom is -0.350 e. The van der Waals surface area contributed by atoms with Crippen molar-refractivity contribution < 1.29 is 4.79 Å². The van der Waals surface area contributed by atoms with Crippen LogP contribution in [0.1, 0.15) is 27.8 Å². The molecule has 0 radical (unpaired) electrons. The van der Waals surface area contributed by atoms with E-state index in [0.29, 0.717) is 18.2 Å². The van der Waals surface area contributed by atoms with Crippen LogP contribution in [-0.2, 0) is 13.0 Å². The quantitative estimate of drug-likeness (QED) is 0.787. The fraction of sp³-hybridized carbons (Fsp3) is 0.375. The van der Waals surface area contributed by atoms with E-state index in [9.17, 15) is 4.79 Å². The molecule has 0 saturated heterocycles. The van der Waals surface area contributed by atoms with Crippen molar-refractivity contribution in [3.63, 3.8) is 0 Å². The van der Waals surface area contributed by atoms with Gasteiger partial charge < -0.3 is 14.3 Å². The SMILES string of the molecule is Cc1nnc2n1CC(CNC(=O)c1nc3ccccn3c1C)C2. The van der Waals surface area contributed by atoms with Crippen molar-refractivity contribution >= 4 is 11.6 Å². The number of carbonyl (C=O) groups excluding carboxylic acids is 1. The summed E-state index contributed by atoms with van der Waals surface area (Å²) in [6.45, 7) is 5.35. The van der Waals surface area contributed by atoms with Gasteiger partial charge in [-0.1, -0.05) is 6.07 Å². The minimum absolute atomic E-state index is 0.120. The zero-order valence-electron chi connectivity index (χ0n) is 13.2. The first-order valence-electron chi connectivity index (χ1n) is 7.74. The van der Waals surface area contributed by atoms with Crippen LogP contribution in [0.4, 0.5) is 0 Å². The van der Waals surface area contributed by atoms with Gasteiger partial charge in [0.05, 0.1) is 5.69 Å². The molecule has 1 aliphatic rings. The number of aromatic nitrogens is 5. The van der Waals surface area contributed by atoms with E-state index in [0.717, 1.165) is 36.0 Å². The molecule has 0 bridgehead atoms. The fourth-order valence-electron chi connectivity index (χ4n) is 3.19. The second-order valence-corrected chi connectivity index (χ2v) is 6.03. The highest BCUT2D eigenvalue weighted by atomic mass is 16.1. The first-order valence-corrected chi connectivity index (χ1v) is 7.74. The van der Waals surface area contributed by atoms with Gasteiger partial charge in [-0.25, -0.2) is 4.98 Å². The molecular formula is C16H18N6O. The molecule has 7 nitrogen and oxygen atoms in total. The third kappa shape index (κ3) is 2.28. The Morgan fingerprint density at radius 2 is 2.22 bits per heavy atom. The lowest BCUT2D eigenvalue weighted by molar-refractivity contribution is 0.0942. The first-order chi connectivity index (χ1) is 11.1. The molecule has 1 unspecified atom stereocenters. The molecule has 0 saturated carbocycles. The third-order valence-corrected chi connectivity index (χ3v) is 4.46. The number of rotatable bonds is 3. The number of fused-ring (bicyclic) bond motifs is 2. The molecule has 1 atom stereocenters. The van der Waals surface area contributed by atoms with Crippen LogP contribution in [0.2, 0.25) is 0 Å². The van der Waals surface area contributed by atoms with Crippen molar-refractivity contribution in [2.24, 2.45) is 5.92 Å². The van der Waals surface area contributed by atoms with Crippen LogP contribution in [0.25, 0.3) is 5.65 Å². The molecule has 0 aromatic carbocycles. The molecule has 118 valence electrons. The van der Waals surface area contributed by atoms with E-state index in [1.165, 1.54) is 0 Å². The summed E-state index contributed by atoms with van der Waals surface area (Å²) in [5, 5.41) is 11.2. The van der Waals surface area contributed by atoms with Gasteiger partial charge in [0.15, 0.2) is 0 Å². The smallest absolute Gasteiger partial charge is 0.271 e. The van der Waals surface area contributed by atoms with Crippen molar-refractivity contribution in [2.45, 2.75) is 26.8 Å². The molecule has 0 aliphatic carbocycles. The van der Waals surface area contributed by atoms with Crippen LogP contribution in [0.3, 0.4) is 0 Å². The molecule has 3 aromatic rings. The van der Waals surface area contributed by atoms with Crippen molar-refractivity contribution in [1.82, 2.24) is 29.5 Å². The van der Waals surface area contributed by atoms with E-state index in [2.05, 4.69) is 25.1 Å². The maximum atomic E-state index is 12.4. The van der Waals surface area contributed by atoms with E-state index >= 15 is 0 Å². The Balaban J connectivity index is 1.45. The van der Waals surface area contributed by atoms with Gasteiger partial charge in [0.1, 0.15) is 23.0 Å². The van der Waals surface area contributed by atoms with Crippen LogP contribution in [0.5, 0.6) is 0 Å². The Bertz CT molecular complexity index is 893. The van der Waals surface area contributed by atoms with Gasteiger partial charge in [-0.05, 0) is 26.0 Å². The van der Waals surface area contributed by atoms with E-state index < -0.39 is 0 Å². The summed E-state index contributed by atoms with van der Waals surface area (Å²) in [5.41, 5.74) is 2.14. The van der Waals surface area contributed by atoms with Gasteiger partial charge in [-0.2, -0.15) is 0 Å². The summed E-state index contributed by atoms with van der Waals surface area (Å²) in [6.07, 6.45) is 2.77. The molecule has 4 heterocycles. The van der Waals surface area contributed by atoms with Gasteiger partial charge in [0.2, 0.25) is 0 Å². The summed E-state index contributed by atoms with van der Waals surface area (Å²) < 4.78 is 4.04. The summed E-state index contributed by atoms with van der Waals surface area (Å²) in [4.78, 5) is 16.9. The van der Waals surface area contributed by atoms with Gasteiger partial charge in [0.25, 0.3) is 5.91 Å². The van der Waals surface area contributed by atoms with Gasteiger partial charge in [-0.3, -0.25) is 4.79 Å². The summed E-state index contributed by atoms with van der Waals surface area (Å²) in [7, 11) is 0. The normalized spacial score (nSPS) is 16.7. The van der Waals surface area contributed by atoms with E-state index in [4.69, 9.17) is 0 Å². The number of hydrogen-bond donors (Lipinski definition) is 1. The Labute approximate surface area is 133 Å². The maximum absolute atomic E-state index is 12.4. The molecule has 4 rings (SSSR count). The van der Waals surface area contributed by atoms with Crippen LogP contribution < -0.4 is 5.32 Å². The van der Waals surface area contributed by atoms with Crippen LogP contribution >= 0.6 is 0 Å². The average molecular weight is 310 g/mol. The highest BCUT2D eigenvalue weighted by Crippen LogP contribution is 2.19. The highest BCUT2D eigenvalue weighted by molar-refractivity contribution is 5.94. The van der Waals surface area contributed by atoms with Crippen molar-refractivity contribution in [3.05, 3.63) is 47.4 Å². The molecule has 1 aliphatic heterocycles. The molecule has 0 fully saturated rings. The van der Waals surface area contributed by atoms with Crippen molar-refractivity contribution in [2.75, 3.05) is 6.54 Å². The number of imidazole rings is 1. The largest absolute Gasteiger partial charge is 0.350 e. The molecular weight excluding hydrogens is 292 g/mol. The lowest BCUT2D eigenvalue weighted by Crippen LogP contribution is -2.30. The van der Waals surface area contributed by atoms with Crippen molar-refractivity contribution in [3.8, 4) is 0 Å². The second-order valence-electron chi connectivity index (χ2n) is 6.03. The van der Waals surface area contributed by atoms with E-state index in [1.54, 1.807) is 0 Å². The number of nitrogens with one attached hydrogen (secondary N) is 1. The average Bonchev–Trinajstić information content (AvgIpc) is 3.21. The van der Waals surface area contributed by atoms with Crippen molar-refractivity contribution in [1.29, 1.82) is 0 Å². The lowest BCUT2D eigenvalue weighted by atomic mass is 10.1. The molecule has 7 heteroatoms. The summed E-state index contributed by atoms with van der Waals surface area (Å²) in [6, 6.07) is 5.75. The summed E-state index contributed by atoms with van der Waals surface area (Å²) >= 11 is 0. The Morgan fingerprint density at radius 1 is 1.35 bits per heavy atom.